The van der Waals surface area contributed by atoms with Crippen molar-refractivity contribution in [2.24, 2.45) is 0 Å². The maximum absolute atomic E-state index is 10.0. The summed E-state index contributed by atoms with van der Waals surface area (Å²) in [7, 11) is 0. The summed E-state index contributed by atoms with van der Waals surface area (Å²) < 4.78 is 1.87. The summed E-state index contributed by atoms with van der Waals surface area (Å²) in [5.74, 6) is 2.01. The largest absolute Gasteiger partial charge is 0.391 e. The first-order valence-corrected chi connectivity index (χ1v) is 9.93. The van der Waals surface area contributed by atoms with Gasteiger partial charge in [-0.15, -0.1) is 0 Å². The number of nitrogens with zero attached hydrogens (tertiary/aromatic N) is 3. The topological polar surface area (TPSA) is 86.5 Å². The molecule has 1 saturated heterocycles. The lowest BCUT2D eigenvalue weighted by Crippen LogP contribution is -2.37. The zero-order valence-corrected chi connectivity index (χ0v) is 16.4. The zero-order chi connectivity index (χ0) is 19.5. The molecule has 0 aliphatic carbocycles. The van der Waals surface area contributed by atoms with Crippen LogP contribution in [-0.4, -0.2) is 44.9 Å². The van der Waals surface area contributed by atoms with E-state index in [1.807, 2.05) is 35.0 Å². The van der Waals surface area contributed by atoms with Crippen LogP contribution in [0.25, 0.3) is 5.65 Å². The van der Waals surface area contributed by atoms with Crippen LogP contribution >= 0.6 is 0 Å². The third-order valence-electron chi connectivity index (χ3n) is 5.25. The van der Waals surface area contributed by atoms with Crippen LogP contribution in [0, 0.1) is 0 Å². The van der Waals surface area contributed by atoms with E-state index >= 15 is 0 Å². The first-order chi connectivity index (χ1) is 13.6. The Bertz CT molecular complexity index is 923. The maximum Gasteiger partial charge on any atom is 0.163 e. The lowest BCUT2D eigenvalue weighted by Gasteiger charge is -2.17. The van der Waals surface area contributed by atoms with Crippen molar-refractivity contribution in [3.8, 4) is 0 Å². The molecule has 1 fully saturated rings. The number of hydrogen-bond donors (Lipinski definition) is 4. The predicted molar refractivity (Wildman–Crippen MR) is 112 cm³/mol. The SMILES string of the molecule is CC(C)c1cnn2c(NCc3ccccc3)cc(NCC3NCCC3O)nc12. The Kier molecular flexibility index (Phi) is 5.45. The number of aromatic nitrogens is 3. The second kappa shape index (κ2) is 8.16. The Morgan fingerprint density at radius 3 is 2.79 bits per heavy atom. The molecule has 1 aliphatic heterocycles. The van der Waals surface area contributed by atoms with E-state index in [0.717, 1.165) is 35.8 Å². The van der Waals surface area contributed by atoms with E-state index in [1.165, 1.54) is 5.56 Å². The summed E-state index contributed by atoms with van der Waals surface area (Å²) in [6.45, 7) is 6.49. The average molecular weight is 380 g/mol. The number of hydrogen-bond acceptors (Lipinski definition) is 6. The molecule has 2 aromatic heterocycles. The van der Waals surface area contributed by atoms with Crippen LogP contribution in [0.3, 0.4) is 0 Å². The fraction of sp³-hybridized carbons (Fsp3) is 0.429. The lowest BCUT2D eigenvalue weighted by molar-refractivity contribution is 0.163. The van der Waals surface area contributed by atoms with E-state index in [-0.39, 0.29) is 12.1 Å². The Morgan fingerprint density at radius 1 is 1.25 bits per heavy atom. The number of anilines is 2. The summed E-state index contributed by atoms with van der Waals surface area (Å²) in [5.41, 5.74) is 3.18. The zero-order valence-electron chi connectivity index (χ0n) is 16.4. The van der Waals surface area contributed by atoms with E-state index in [0.29, 0.717) is 19.0 Å². The molecule has 7 nitrogen and oxygen atoms in total. The minimum absolute atomic E-state index is 0.0493. The van der Waals surface area contributed by atoms with Crippen molar-refractivity contribution in [2.45, 2.75) is 44.9 Å². The monoisotopic (exact) mass is 380 g/mol. The van der Waals surface area contributed by atoms with Crippen molar-refractivity contribution in [3.63, 3.8) is 0 Å². The minimum atomic E-state index is -0.312. The normalized spacial score (nSPS) is 19.4. The molecule has 1 aliphatic rings. The number of fused-ring (bicyclic) bond motifs is 1. The van der Waals surface area contributed by atoms with Crippen molar-refractivity contribution >= 4 is 17.3 Å². The molecule has 0 spiro atoms. The van der Waals surface area contributed by atoms with Crippen molar-refractivity contribution in [1.29, 1.82) is 0 Å². The second-order valence-electron chi connectivity index (χ2n) is 7.65. The van der Waals surface area contributed by atoms with Crippen LogP contribution in [-0.2, 0) is 6.54 Å². The van der Waals surface area contributed by atoms with Gasteiger partial charge in [0, 0.05) is 24.7 Å². The summed E-state index contributed by atoms with van der Waals surface area (Å²) in [6.07, 6.45) is 2.38. The standard InChI is InChI=1S/C21H28N6O/c1-14(2)16-12-25-27-20(24-11-15-6-4-3-5-7-15)10-19(26-21(16)27)23-13-17-18(28)8-9-22-17/h3-7,10,12,14,17-18,22,24,28H,8-9,11,13H2,1-2H3,(H,23,26). The molecule has 4 N–H and O–H groups in total. The quantitative estimate of drug-likeness (QED) is 0.504. The van der Waals surface area contributed by atoms with Crippen molar-refractivity contribution < 1.29 is 5.11 Å². The van der Waals surface area contributed by atoms with Crippen LogP contribution in [0.1, 0.15) is 37.3 Å². The molecule has 3 heterocycles. The molecule has 0 saturated carbocycles. The number of aliphatic hydroxyl groups is 1. The Morgan fingerprint density at radius 2 is 2.07 bits per heavy atom. The van der Waals surface area contributed by atoms with Gasteiger partial charge < -0.3 is 21.1 Å². The Labute approximate surface area is 165 Å². The molecular formula is C21H28N6O. The van der Waals surface area contributed by atoms with Crippen LogP contribution < -0.4 is 16.0 Å². The van der Waals surface area contributed by atoms with Crippen LogP contribution in [0.2, 0.25) is 0 Å². The van der Waals surface area contributed by atoms with Crippen LogP contribution in [0.4, 0.5) is 11.6 Å². The average Bonchev–Trinajstić information content (AvgIpc) is 3.31. The molecule has 0 bridgehead atoms. The van der Waals surface area contributed by atoms with E-state index in [4.69, 9.17) is 4.98 Å². The number of rotatable bonds is 7. The highest BCUT2D eigenvalue weighted by molar-refractivity contribution is 5.61. The maximum atomic E-state index is 10.0. The van der Waals surface area contributed by atoms with Gasteiger partial charge >= 0.3 is 0 Å². The number of nitrogens with one attached hydrogen (secondary N) is 3. The third-order valence-corrected chi connectivity index (χ3v) is 5.25. The molecule has 2 atom stereocenters. The summed E-state index contributed by atoms with van der Waals surface area (Å²) >= 11 is 0. The summed E-state index contributed by atoms with van der Waals surface area (Å²) in [6, 6.07) is 12.3. The molecular weight excluding hydrogens is 352 g/mol. The molecule has 3 aromatic rings. The van der Waals surface area contributed by atoms with Crippen LogP contribution in [0.15, 0.2) is 42.6 Å². The molecule has 1 aromatic carbocycles. The van der Waals surface area contributed by atoms with Gasteiger partial charge in [-0.05, 0) is 24.4 Å². The highest BCUT2D eigenvalue weighted by Gasteiger charge is 2.24. The highest BCUT2D eigenvalue weighted by atomic mass is 16.3. The first kappa shape index (κ1) is 18.7. The van der Waals surface area contributed by atoms with Gasteiger partial charge in [0.05, 0.1) is 18.3 Å². The fourth-order valence-corrected chi connectivity index (χ4v) is 3.57. The van der Waals surface area contributed by atoms with E-state index in [9.17, 15) is 5.11 Å². The van der Waals surface area contributed by atoms with Gasteiger partial charge in [-0.2, -0.15) is 9.61 Å². The van der Waals surface area contributed by atoms with Gasteiger partial charge in [-0.1, -0.05) is 44.2 Å². The smallest absolute Gasteiger partial charge is 0.163 e. The third kappa shape index (κ3) is 3.95. The molecule has 0 amide bonds. The van der Waals surface area contributed by atoms with E-state index in [2.05, 4.69) is 47.0 Å². The number of benzene rings is 1. The lowest BCUT2D eigenvalue weighted by atomic mass is 10.1. The van der Waals surface area contributed by atoms with Gasteiger partial charge in [0.15, 0.2) is 5.65 Å². The first-order valence-electron chi connectivity index (χ1n) is 9.93. The van der Waals surface area contributed by atoms with Gasteiger partial charge in [-0.3, -0.25) is 0 Å². The van der Waals surface area contributed by atoms with Gasteiger partial charge in [-0.25, -0.2) is 4.98 Å². The van der Waals surface area contributed by atoms with E-state index < -0.39 is 0 Å². The minimum Gasteiger partial charge on any atom is -0.391 e. The summed E-state index contributed by atoms with van der Waals surface area (Å²) in [4.78, 5) is 4.80. The van der Waals surface area contributed by atoms with Crippen molar-refractivity contribution in [2.75, 3.05) is 23.7 Å². The van der Waals surface area contributed by atoms with Crippen molar-refractivity contribution in [3.05, 3.63) is 53.7 Å². The van der Waals surface area contributed by atoms with Gasteiger partial charge in [0.25, 0.3) is 0 Å². The second-order valence-corrected chi connectivity index (χ2v) is 7.65. The van der Waals surface area contributed by atoms with E-state index in [1.54, 1.807) is 0 Å². The Balaban J connectivity index is 1.60. The fourth-order valence-electron chi connectivity index (χ4n) is 3.57. The Hall–Kier alpha value is -2.64. The summed E-state index contributed by atoms with van der Waals surface area (Å²) in [5, 5.41) is 24.8. The predicted octanol–water partition coefficient (Wildman–Crippen LogP) is 2.60. The molecule has 2 unspecified atom stereocenters. The molecule has 0 radical (unpaired) electrons. The van der Waals surface area contributed by atoms with Crippen molar-refractivity contribution in [1.82, 2.24) is 19.9 Å². The van der Waals surface area contributed by atoms with Gasteiger partial charge in [0.2, 0.25) is 0 Å². The highest BCUT2D eigenvalue weighted by Crippen LogP contribution is 2.24. The van der Waals surface area contributed by atoms with Crippen LogP contribution in [0.5, 0.6) is 0 Å². The van der Waals surface area contributed by atoms with Gasteiger partial charge in [0.1, 0.15) is 11.6 Å². The number of aliphatic hydroxyl groups excluding tert-OH is 1. The molecule has 148 valence electrons. The molecule has 7 heteroatoms. The molecule has 28 heavy (non-hydrogen) atoms. The molecule has 4 rings (SSSR count).